The molecule has 1 aliphatic rings. The topological polar surface area (TPSA) is 131 Å². The van der Waals surface area contributed by atoms with Crippen molar-refractivity contribution < 1.29 is 13.2 Å². The van der Waals surface area contributed by atoms with Gasteiger partial charge in [0.25, 0.3) is 5.91 Å². The van der Waals surface area contributed by atoms with Crippen molar-refractivity contribution in [3.05, 3.63) is 47.8 Å². The lowest BCUT2D eigenvalue weighted by Gasteiger charge is -2.08. The van der Waals surface area contributed by atoms with Crippen LogP contribution >= 0.6 is 0 Å². The van der Waals surface area contributed by atoms with Crippen molar-refractivity contribution in [1.82, 2.24) is 4.98 Å². The number of primary sulfonamides is 1. The average Bonchev–Trinajstić information content (AvgIpc) is 3.08. The lowest BCUT2D eigenvalue weighted by atomic mass is 9.99. The first-order chi connectivity index (χ1) is 10.4. The van der Waals surface area contributed by atoms with Gasteiger partial charge >= 0.3 is 0 Å². The number of hydrogen-bond acceptors (Lipinski definition) is 4. The summed E-state index contributed by atoms with van der Waals surface area (Å²) in [5.74, 6) is -0.641. The molecule has 0 fully saturated rings. The largest absolute Gasteiger partial charge is 0.366 e. The van der Waals surface area contributed by atoms with Crippen molar-refractivity contribution in [2.45, 2.75) is 4.90 Å². The maximum absolute atomic E-state index is 11.8. The zero-order valence-electron chi connectivity index (χ0n) is 11.3. The highest BCUT2D eigenvalue weighted by Gasteiger charge is 2.23. The number of carbonyl (C=O) groups excluding carboxylic acids is 1. The number of sulfonamides is 1. The number of nitrogens with one attached hydrogen (secondary N) is 1. The van der Waals surface area contributed by atoms with Crippen LogP contribution in [0.5, 0.6) is 0 Å². The van der Waals surface area contributed by atoms with Crippen molar-refractivity contribution >= 4 is 39.0 Å². The third kappa shape index (κ3) is 2.34. The van der Waals surface area contributed by atoms with Gasteiger partial charge in [0.1, 0.15) is 0 Å². The number of aromatic amines is 1. The third-order valence-electron chi connectivity index (χ3n) is 3.30. The van der Waals surface area contributed by atoms with E-state index in [-0.39, 0.29) is 10.5 Å². The number of carbonyl (C=O) groups is 1. The maximum atomic E-state index is 11.8. The van der Waals surface area contributed by atoms with E-state index in [1.165, 1.54) is 24.4 Å². The molecule has 1 aliphatic heterocycles. The minimum Gasteiger partial charge on any atom is -0.366 e. The van der Waals surface area contributed by atoms with Gasteiger partial charge < -0.3 is 10.7 Å². The smallest absolute Gasteiger partial charge is 0.251 e. The number of benzene rings is 1. The summed E-state index contributed by atoms with van der Waals surface area (Å²) in [6.07, 6.45) is 3.14. The first-order valence-corrected chi connectivity index (χ1v) is 7.81. The number of aliphatic imine (C=N–C) groups is 1. The Bertz CT molecular complexity index is 925. The van der Waals surface area contributed by atoms with Crippen molar-refractivity contribution in [3.8, 4) is 0 Å². The van der Waals surface area contributed by atoms with Gasteiger partial charge in [-0.2, -0.15) is 0 Å². The molecule has 0 saturated heterocycles. The molecule has 112 valence electrons. The second-order valence-electron chi connectivity index (χ2n) is 4.72. The highest BCUT2D eigenvalue weighted by molar-refractivity contribution is 7.89. The molecular weight excluding hydrogens is 304 g/mol. The summed E-state index contributed by atoms with van der Waals surface area (Å²) in [6, 6.07) is 7.72. The predicted octanol–water partition coefficient (Wildman–Crippen LogP) is 0.774. The molecule has 22 heavy (non-hydrogen) atoms. The van der Waals surface area contributed by atoms with Crippen molar-refractivity contribution in [2.24, 2.45) is 15.9 Å². The normalized spacial score (nSPS) is 15.7. The van der Waals surface area contributed by atoms with E-state index in [0.29, 0.717) is 22.5 Å². The van der Waals surface area contributed by atoms with E-state index >= 15 is 0 Å². The number of primary amides is 1. The van der Waals surface area contributed by atoms with Crippen molar-refractivity contribution in [3.63, 3.8) is 0 Å². The van der Waals surface area contributed by atoms with Gasteiger partial charge in [-0.1, -0.05) is 0 Å². The third-order valence-corrected chi connectivity index (χ3v) is 4.21. The van der Waals surface area contributed by atoms with E-state index < -0.39 is 15.9 Å². The molecule has 0 aliphatic carbocycles. The number of H-pyrrole nitrogens is 1. The molecule has 0 saturated carbocycles. The highest BCUT2D eigenvalue weighted by Crippen LogP contribution is 2.37. The van der Waals surface area contributed by atoms with Crippen LogP contribution in [-0.4, -0.2) is 25.5 Å². The predicted molar refractivity (Wildman–Crippen MR) is 82.8 cm³/mol. The van der Waals surface area contributed by atoms with Gasteiger partial charge in [0.05, 0.1) is 21.8 Å². The van der Waals surface area contributed by atoms with E-state index in [0.717, 1.165) is 0 Å². The van der Waals surface area contributed by atoms with Gasteiger partial charge in [-0.25, -0.2) is 13.6 Å². The van der Waals surface area contributed by atoms with Gasteiger partial charge in [-0.15, -0.1) is 0 Å². The molecule has 0 radical (unpaired) electrons. The Hall–Kier alpha value is -2.71. The molecule has 3 rings (SSSR count). The van der Waals surface area contributed by atoms with Crippen molar-refractivity contribution in [2.75, 3.05) is 0 Å². The van der Waals surface area contributed by atoms with Crippen LogP contribution in [0, 0.1) is 0 Å². The van der Waals surface area contributed by atoms with E-state index in [1.807, 2.05) is 0 Å². The summed E-state index contributed by atoms with van der Waals surface area (Å²) < 4.78 is 23.0. The van der Waals surface area contributed by atoms with Gasteiger partial charge in [0, 0.05) is 23.5 Å². The number of hydrogen-bond donors (Lipinski definition) is 3. The quantitative estimate of drug-likeness (QED) is 0.723. The fourth-order valence-electron chi connectivity index (χ4n) is 2.32. The van der Waals surface area contributed by atoms with Crippen LogP contribution in [0.1, 0.15) is 11.3 Å². The molecule has 7 nitrogen and oxygen atoms in total. The van der Waals surface area contributed by atoms with Crippen LogP contribution in [0.25, 0.3) is 11.1 Å². The number of rotatable bonds is 3. The monoisotopic (exact) mass is 316 g/mol. The summed E-state index contributed by atoms with van der Waals surface area (Å²) in [7, 11) is -3.85. The lowest BCUT2D eigenvalue weighted by molar-refractivity contribution is -0.112. The van der Waals surface area contributed by atoms with Crippen LogP contribution in [0.4, 0.5) is 5.69 Å². The molecule has 0 atom stereocenters. The molecule has 2 aromatic rings. The van der Waals surface area contributed by atoms with Crippen LogP contribution < -0.4 is 10.9 Å². The Morgan fingerprint density at radius 3 is 2.59 bits per heavy atom. The van der Waals surface area contributed by atoms with Gasteiger partial charge in [-0.05, 0) is 30.3 Å². The average molecular weight is 316 g/mol. The molecular formula is C14H12N4O3S. The summed E-state index contributed by atoms with van der Waals surface area (Å²) in [5, 5.41) is 5.14. The number of allylic oxidation sites excluding steroid dienone is 1. The Morgan fingerprint density at radius 2 is 2.00 bits per heavy atom. The molecule has 0 unspecified atom stereocenters. The van der Waals surface area contributed by atoms with Crippen LogP contribution in [0.3, 0.4) is 0 Å². The number of aromatic nitrogens is 1. The second kappa shape index (κ2) is 4.93. The van der Waals surface area contributed by atoms with Crippen LogP contribution in [0.15, 0.2) is 46.4 Å². The minimum atomic E-state index is -3.85. The summed E-state index contributed by atoms with van der Waals surface area (Å²) in [5.41, 5.74) is 7.73. The Morgan fingerprint density at radius 1 is 1.23 bits per heavy atom. The minimum absolute atomic E-state index is 0.0513. The number of amides is 1. The second-order valence-corrected chi connectivity index (χ2v) is 6.28. The van der Waals surface area contributed by atoms with Crippen molar-refractivity contribution in [1.29, 1.82) is 0 Å². The van der Waals surface area contributed by atoms with E-state index in [9.17, 15) is 13.2 Å². The standard InChI is InChI=1S/C14H12N4O3S/c15-14(19)13(12-2-1-5-17-12)10-7-18-11-4-3-8(6-9(10)11)22(16,20)21/h1-7,17H,(H2,15,19)(H2,16,20,21). The Labute approximate surface area is 126 Å². The number of nitrogens with zero attached hydrogens (tertiary/aromatic N) is 1. The summed E-state index contributed by atoms with van der Waals surface area (Å²) >= 11 is 0. The first kappa shape index (κ1) is 14.2. The summed E-state index contributed by atoms with van der Waals surface area (Å²) in [6.45, 7) is 0. The molecule has 1 aromatic heterocycles. The SMILES string of the molecule is NC(=O)C(=C1C=Nc2ccc(S(N)(=O)=O)cc21)c1ccc[nH]1. The lowest BCUT2D eigenvalue weighted by Crippen LogP contribution is -2.15. The van der Waals surface area contributed by atoms with E-state index in [4.69, 9.17) is 10.9 Å². The van der Waals surface area contributed by atoms with Gasteiger partial charge in [-0.3, -0.25) is 9.79 Å². The molecule has 0 bridgehead atoms. The fourth-order valence-corrected chi connectivity index (χ4v) is 2.86. The van der Waals surface area contributed by atoms with Crippen LogP contribution in [-0.2, 0) is 14.8 Å². The Kier molecular flexibility index (Phi) is 3.19. The molecule has 2 heterocycles. The van der Waals surface area contributed by atoms with E-state index in [1.54, 1.807) is 18.3 Å². The summed E-state index contributed by atoms with van der Waals surface area (Å²) in [4.78, 5) is 18.8. The molecule has 1 aromatic carbocycles. The highest BCUT2D eigenvalue weighted by atomic mass is 32.2. The Balaban J connectivity index is 2.27. The molecule has 1 amide bonds. The maximum Gasteiger partial charge on any atom is 0.251 e. The molecule has 0 spiro atoms. The zero-order valence-corrected chi connectivity index (χ0v) is 12.1. The number of fused-ring (bicyclic) bond motifs is 1. The fraction of sp³-hybridized carbons (Fsp3) is 0. The zero-order chi connectivity index (χ0) is 15.9. The van der Waals surface area contributed by atoms with E-state index in [2.05, 4.69) is 9.98 Å². The van der Waals surface area contributed by atoms with Crippen LogP contribution in [0.2, 0.25) is 0 Å². The molecule has 5 N–H and O–H groups in total. The van der Waals surface area contributed by atoms with Gasteiger partial charge in [0.15, 0.2) is 0 Å². The molecule has 8 heteroatoms. The number of nitrogens with two attached hydrogens (primary N) is 2. The van der Waals surface area contributed by atoms with Gasteiger partial charge in [0.2, 0.25) is 10.0 Å². The first-order valence-electron chi connectivity index (χ1n) is 6.27.